The van der Waals surface area contributed by atoms with E-state index in [9.17, 15) is 0 Å². The fourth-order valence-corrected chi connectivity index (χ4v) is 10.4. The maximum Gasteiger partial charge on any atom is 0.177 e. The Hall–Kier alpha value is -9.38. The Balaban J connectivity index is 0.000000554. The standard InChI is InChI=1S/4C10H12N2.3C9H11N3.7C2H6/c1-7-8(2)11-6-9-4-5-12(3)10(7)9;1-7-6-11-9-4-5-12(3)10(9)8(7)2;1-7-4-5-9-10(8(7)2)12(3)6-11-9;1-7-4-5-9-6-11-12(3)10(9)8(7)2;1-6-7(2)10-4-8-9(6)12(3)5-11-8;1-6-4-10-9-8(7(6)2)12(3)5-11-9;1-6-4-10-8-5-11-12(3)9(8)7(6)2;7*1-2/h4*4-6H,1-3H3;3*4-5H,1-3H3;7*1-2H3. The first-order chi connectivity index (χ1) is 46.9. The van der Waals surface area contributed by atoms with Crippen LogP contribution in [0.4, 0.5) is 0 Å². The van der Waals surface area contributed by atoms with Crippen molar-refractivity contribution in [2.75, 3.05) is 0 Å². The number of hydrogen-bond acceptors (Lipinski definition) is 10. The topological polar surface area (TPSA) is 163 Å². The molecule has 17 nitrogen and oxygen atoms in total. The van der Waals surface area contributed by atoms with E-state index in [1.807, 2.05) is 227 Å². The Morgan fingerprint density at radius 2 is 0.592 bits per heavy atom. The third-order valence-corrected chi connectivity index (χ3v) is 16.4. The summed E-state index contributed by atoms with van der Waals surface area (Å²) in [4.78, 5) is 34.1. The summed E-state index contributed by atoms with van der Waals surface area (Å²) in [5, 5.41) is 10.8. The van der Waals surface area contributed by atoms with Gasteiger partial charge >= 0.3 is 0 Å². The van der Waals surface area contributed by atoms with Gasteiger partial charge in [0.25, 0.3) is 0 Å². The number of pyridine rings is 5. The van der Waals surface area contributed by atoms with Crippen molar-refractivity contribution in [2.45, 2.75) is 194 Å². The van der Waals surface area contributed by atoms with Crippen LogP contribution in [0.5, 0.6) is 0 Å². The summed E-state index contributed by atoms with van der Waals surface area (Å²) in [7, 11) is 14.1. The van der Waals surface area contributed by atoms with E-state index >= 15 is 0 Å². The lowest BCUT2D eigenvalue weighted by atomic mass is 10.1. The molecular weight excluding hydrogens is 1210 g/mol. The van der Waals surface area contributed by atoms with Crippen LogP contribution in [0.25, 0.3) is 77.1 Å². The molecule has 12 heterocycles. The van der Waals surface area contributed by atoms with Crippen molar-refractivity contribution in [1.29, 1.82) is 0 Å². The van der Waals surface area contributed by atoms with E-state index < -0.39 is 0 Å². The molecule has 14 aromatic rings. The first-order valence-corrected chi connectivity index (χ1v) is 35.1. The molecule has 0 aliphatic carbocycles. The monoisotopic (exact) mass is 1330 g/mol. The van der Waals surface area contributed by atoms with Crippen molar-refractivity contribution in [3.8, 4) is 0 Å². The maximum atomic E-state index is 4.34. The summed E-state index contributed by atoms with van der Waals surface area (Å²) in [5.74, 6) is 0. The van der Waals surface area contributed by atoms with E-state index in [-0.39, 0.29) is 0 Å². The molecule has 0 N–H and O–H groups in total. The zero-order chi connectivity index (χ0) is 75.0. The molecule has 17 heteroatoms. The highest BCUT2D eigenvalue weighted by atomic mass is 15.3. The summed E-state index contributed by atoms with van der Waals surface area (Å²) in [5.41, 5.74) is 31.0. The van der Waals surface area contributed by atoms with Crippen LogP contribution >= 0.6 is 0 Å². The van der Waals surface area contributed by atoms with E-state index in [0.717, 1.165) is 50.1 Å². The lowest BCUT2D eigenvalue weighted by molar-refractivity contribution is 0.794. The average Bonchev–Trinajstić information content (AvgIpc) is 1.71. The van der Waals surface area contributed by atoms with Gasteiger partial charge in [0.2, 0.25) is 0 Å². The minimum absolute atomic E-state index is 0.834. The Labute approximate surface area is 588 Å². The fourth-order valence-electron chi connectivity index (χ4n) is 10.4. The molecule has 0 bridgehead atoms. The van der Waals surface area contributed by atoms with Crippen molar-refractivity contribution in [3.05, 3.63) is 189 Å². The highest BCUT2D eigenvalue weighted by Crippen LogP contribution is 2.24. The van der Waals surface area contributed by atoms with Crippen LogP contribution < -0.4 is 0 Å². The van der Waals surface area contributed by atoms with Gasteiger partial charge in [0.1, 0.15) is 11.0 Å². The van der Waals surface area contributed by atoms with Gasteiger partial charge < -0.3 is 22.8 Å². The van der Waals surface area contributed by atoms with Gasteiger partial charge in [0.05, 0.1) is 87.2 Å². The van der Waals surface area contributed by atoms with Gasteiger partial charge in [-0.25, -0.2) is 19.9 Å². The normalized spacial score (nSPS) is 9.79. The molecule has 2 aromatic carbocycles. The second-order valence-electron chi connectivity index (χ2n) is 22.1. The summed E-state index contributed by atoms with van der Waals surface area (Å²) < 4.78 is 14.1. The minimum atomic E-state index is 0.834. The lowest BCUT2D eigenvalue weighted by Crippen LogP contribution is -1.93. The number of imidazole rings is 3. The number of nitrogens with zero attached hydrogens (tertiary/aromatic N) is 17. The van der Waals surface area contributed by atoms with Crippen molar-refractivity contribution >= 4 is 77.1 Å². The van der Waals surface area contributed by atoms with Crippen molar-refractivity contribution in [1.82, 2.24) is 82.3 Å². The van der Waals surface area contributed by atoms with Crippen LogP contribution in [0, 0.1) is 96.9 Å². The molecule has 0 saturated heterocycles. The van der Waals surface area contributed by atoms with Gasteiger partial charge in [-0.1, -0.05) is 115 Å². The fraction of sp³-hybridized carbons (Fsp3) is 0.432. The van der Waals surface area contributed by atoms with E-state index in [2.05, 4.69) is 197 Å². The molecular formula is C81H123N17. The molecule has 0 aliphatic rings. The Morgan fingerprint density at radius 1 is 0.235 bits per heavy atom. The molecule has 0 unspecified atom stereocenters. The number of aromatic nitrogens is 17. The minimum Gasteiger partial charge on any atom is -0.350 e. The molecule has 98 heavy (non-hydrogen) atoms. The van der Waals surface area contributed by atoms with Crippen molar-refractivity contribution < 1.29 is 0 Å². The molecule has 0 amide bonds. The summed E-state index contributed by atoms with van der Waals surface area (Å²) in [6, 6.07) is 12.6. The molecule has 12 aromatic heterocycles. The van der Waals surface area contributed by atoms with Crippen LogP contribution in [0.15, 0.2) is 111 Å². The van der Waals surface area contributed by atoms with E-state index in [1.165, 1.54) is 105 Å². The smallest absolute Gasteiger partial charge is 0.177 e. The Morgan fingerprint density at radius 3 is 1.16 bits per heavy atom. The number of benzene rings is 2. The van der Waals surface area contributed by atoms with Gasteiger partial charge in [-0.2, -0.15) is 10.2 Å². The van der Waals surface area contributed by atoms with Crippen LogP contribution in [0.2, 0.25) is 0 Å². The van der Waals surface area contributed by atoms with E-state index in [0.29, 0.717) is 0 Å². The summed E-state index contributed by atoms with van der Waals surface area (Å²) >= 11 is 0. The van der Waals surface area contributed by atoms with Crippen molar-refractivity contribution in [3.63, 3.8) is 0 Å². The lowest BCUT2D eigenvalue weighted by Gasteiger charge is -2.03. The summed E-state index contributed by atoms with van der Waals surface area (Å²) in [6.45, 7) is 57.3. The Bertz CT molecular complexity index is 3820. The molecule has 0 atom stereocenters. The molecule has 0 radical (unpaired) electrons. The zero-order valence-electron chi connectivity index (χ0n) is 67.0. The van der Waals surface area contributed by atoms with Gasteiger partial charge in [-0.3, -0.25) is 29.3 Å². The highest BCUT2D eigenvalue weighted by Gasteiger charge is 2.10. The van der Waals surface area contributed by atoms with Crippen LogP contribution in [0.3, 0.4) is 0 Å². The SMILES string of the molecule is CC.CC.CC.CC.CC.CC.CC.Cc1ccc2cnn(C)c2c1C.Cc1ccc2ncn(C)c2c1C.Cc1cnc2ccn(C)c2c1C.Cc1cnc2cnn(C)c2c1C.Cc1cnc2ncn(C)c2c1C.Cc1ncc2ccn(C)c2c1C.Cc1ncc2ncn(C)c2c1C. The molecule has 0 spiro atoms. The zero-order valence-corrected chi connectivity index (χ0v) is 67.0. The number of aryl methyl sites for hydroxylation is 21. The third-order valence-electron chi connectivity index (χ3n) is 16.4. The first-order valence-electron chi connectivity index (χ1n) is 35.1. The van der Waals surface area contributed by atoms with Crippen LogP contribution in [-0.4, -0.2) is 82.3 Å². The average molecular weight is 1330 g/mol. The largest absolute Gasteiger partial charge is 0.350 e. The third kappa shape index (κ3) is 21.3. The second-order valence-corrected chi connectivity index (χ2v) is 22.1. The number of hydrogen-bond donors (Lipinski definition) is 0. The highest BCUT2D eigenvalue weighted by molar-refractivity contribution is 5.85. The molecule has 0 fully saturated rings. The molecule has 532 valence electrons. The molecule has 14 rings (SSSR count). The van der Waals surface area contributed by atoms with Gasteiger partial charge in [-0.05, 0) is 182 Å². The van der Waals surface area contributed by atoms with Crippen molar-refractivity contribution in [2.24, 2.45) is 49.3 Å². The van der Waals surface area contributed by atoms with Crippen LogP contribution in [0.1, 0.15) is 175 Å². The first kappa shape index (κ1) is 86.6. The van der Waals surface area contributed by atoms with E-state index in [1.54, 1.807) is 12.5 Å². The summed E-state index contributed by atoms with van der Waals surface area (Å²) in [6.07, 6.45) is 22.7. The maximum absolute atomic E-state index is 4.34. The predicted molar refractivity (Wildman–Crippen MR) is 424 cm³/mol. The van der Waals surface area contributed by atoms with Gasteiger partial charge in [-0.15, -0.1) is 0 Å². The Kier molecular flexibility index (Phi) is 38.0. The molecule has 0 saturated carbocycles. The number of rotatable bonds is 0. The molecule has 0 aliphatic heterocycles. The second kappa shape index (κ2) is 43.0. The quantitative estimate of drug-likeness (QED) is 0.143. The number of fused-ring (bicyclic) bond motifs is 7. The van der Waals surface area contributed by atoms with Gasteiger partial charge in [0, 0.05) is 109 Å². The van der Waals surface area contributed by atoms with Crippen LogP contribution in [-0.2, 0) is 49.3 Å². The van der Waals surface area contributed by atoms with E-state index in [4.69, 9.17) is 0 Å². The van der Waals surface area contributed by atoms with Gasteiger partial charge in [0.15, 0.2) is 5.65 Å². The predicted octanol–water partition coefficient (Wildman–Crippen LogP) is 20.7.